The second-order valence-electron chi connectivity index (χ2n) is 3.53. The molecule has 0 radical (unpaired) electrons. The van der Waals surface area contributed by atoms with Crippen molar-refractivity contribution in [3.05, 3.63) is 12.2 Å². The number of Topliss-reactive ketones (excluding diaryl/α,β-unsaturated/α-hetero) is 1. The first-order chi connectivity index (χ1) is 4.77. The normalized spacial score (nSPS) is 38.8. The predicted octanol–water partition coefficient (Wildman–Crippen LogP) is 1.93. The van der Waals surface area contributed by atoms with Crippen LogP contribution in [0.3, 0.4) is 0 Å². The van der Waals surface area contributed by atoms with E-state index in [-0.39, 0.29) is 0 Å². The van der Waals surface area contributed by atoms with Gasteiger partial charge in [-0.1, -0.05) is 12.2 Å². The predicted molar refractivity (Wildman–Crippen MR) is 39.6 cm³/mol. The summed E-state index contributed by atoms with van der Waals surface area (Å²) in [5, 5.41) is 0. The van der Waals surface area contributed by atoms with Crippen molar-refractivity contribution in [1.29, 1.82) is 0 Å². The van der Waals surface area contributed by atoms with E-state index in [1.807, 2.05) is 0 Å². The summed E-state index contributed by atoms with van der Waals surface area (Å²) in [7, 11) is 0. The summed E-state index contributed by atoms with van der Waals surface area (Å²) >= 11 is 0. The Morgan fingerprint density at radius 3 is 2.90 bits per heavy atom. The van der Waals surface area contributed by atoms with Crippen molar-refractivity contribution in [2.45, 2.75) is 25.7 Å². The van der Waals surface area contributed by atoms with Gasteiger partial charge < -0.3 is 0 Å². The molecular formula is C9H12O. The monoisotopic (exact) mass is 136 g/mol. The highest BCUT2D eigenvalue weighted by Crippen LogP contribution is 2.43. The van der Waals surface area contributed by atoms with Crippen LogP contribution in [0.2, 0.25) is 0 Å². The average Bonchev–Trinajstić information content (AvgIpc) is 2.35. The molecule has 0 bridgehead atoms. The Kier molecular flexibility index (Phi) is 1.19. The Hall–Kier alpha value is -0.590. The van der Waals surface area contributed by atoms with Gasteiger partial charge in [-0.2, -0.15) is 0 Å². The van der Waals surface area contributed by atoms with Crippen LogP contribution in [-0.4, -0.2) is 5.78 Å². The Labute approximate surface area is 61.1 Å². The average molecular weight is 136 g/mol. The van der Waals surface area contributed by atoms with Crippen molar-refractivity contribution in [2.75, 3.05) is 0 Å². The molecule has 2 aliphatic carbocycles. The summed E-state index contributed by atoms with van der Waals surface area (Å²) in [4.78, 5) is 11.2. The molecule has 2 rings (SSSR count). The summed E-state index contributed by atoms with van der Waals surface area (Å²) in [6.45, 7) is 3.92. The smallest absolute Gasteiger partial charge is 0.136 e. The number of allylic oxidation sites excluding steroid dienone is 1. The highest BCUT2D eigenvalue weighted by molar-refractivity contribution is 5.84. The minimum Gasteiger partial charge on any atom is -0.299 e. The lowest BCUT2D eigenvalue weighted by Crippen LogP contribution is -2.06. The van der Waals surface area contributed by atoms with E-state index in [0.29, 0.717) is 17.6 Å². The third kappa shape index (κ3) is 0.731. The molecule has 1 heteroatoms. The number of carbonyl (C=O) groups is 1. The Morgan fingerprint density at radius 1 is 1.40 bits per heavy atom. The second kappa shape index (κ2) is 1.94. The van der Waals surface area contributed by atoms with Gasteiger partial charge >= 0.3 is 0 Å². The van der Waals surface area contributed by atoms with Crippen LogP contribution in [0.25, 0.3) is 0 Å². The molecule has 0 amide bonds. The van der Waals surface area contributed by atoms with Crippen molar-refractivity contribution in [3.8, 4) is 0 Å². The van der Waals surface area contributed by atoms with Crippen molar-refractivity contribution in [3.63, 3.8) is 0 Å². The molecule has 0 N–H and O–H groups in total. The fourth-order valence-corrected chi connectivity index (χ4v) is 2.27. The van der Waals surface area contributed by atoms with E-state index in [0.717, 1.165) is 25.7 Å². The molecule has 1 nitrogen and oxygen atoms in total. The maximum absolute atomic E-state index is 11.2. The molecule has 0 aromatic rings. The molecule has 2 fully saturated rings. The van der Waals surface area contributed by atoms with Gasteiger partial charge in [0.2, 0.25) is 0 Å². The van der Waals surface area contributed by atoms with Crippen molar-refractivity contribution in [1.82, 2.24) is 0 Å². The summed E-state index contributed by atoms with van der Waals surface area (Å²) in [5.74, 6) is 1.55. The van der Waals surface area contributed by atoms with E-state index in [4.69, 9.17) is 0 Å². The molecule has 0 heterocycles. The van der Waals surface area contributed by atoms with Crippen LogP contribution >= 0.6 is 0 Å². The lowest BCUT2D eigenvalue weighted by Gasteiger charge is -2.02. The lowest BCUT2D eigenvalue weighted by atomic mass is 10.0. The largest absolute Gasteiger partial charge is 0.299 e. The number of hydrogen-bond acceptors (Lipinski definition) is 1. The minimum absolute atomic E-state index is 0.382. The van der Waals surface area contributed by atoms with Crippen LogP contribution in [0.4, 0.5) is 0 Å². The molecule has 0 saturated heterocycles. The SMILES string of the molecule is C=C1CC2CCC(=O)C2C1. The topological polar surface area (TPSA) is 17.1 Å². The van der Waals surface area contributed by atoms with Gasteiger partial charge in [-0.25, -0.2) is 0 Å². The van der Waals surface area contributed by atoms with Crippen LogP contribution in [0.1, 0.15) is 25.7 Å². The van der Waals surface area contributed by atoms with Gasteiger partial charge in [-0.3, -0.25) is 4.79 Å². The van der Waals surface area contributed by atoms with Crippen molar-refractivity contribution >= 4 is 5.78 Å². The standard InChI is InChI=1S/C9H12O/c1-6-4-7-2-3-9(10)8(7)5-6/h7-8H,1-5H2. The van der Waals surface area contributed by atoms with E-state index < -0.39 is 0 Å². The molecule has 2 atom stereocenters. The molecule has 0 aromatic carbocycles. The van der Waals surface area contributed by atoms with Crippen LogP contribution < -0.4 is 0 Å². The number of carbonyl (C=O) groups excluding carboxylic acids is 1. The number of ketones is 1. The second-order valence-corrected chi connectivity index (χ2v) is 3.53. The third-order valence-corrected chi connectivity index (χ3v) is 2.80. The van der Waals surface area contributed by atoms with Crippen LogP contribution in [0.5, 0.6) is 0 Å². The summed E-state index contributed by atoms with van der Waals surface area (Å²) in [6, 6.07) is 0. The molecule has 0 aromatic heterocycles. The Morgan fingerprint density at radius 2 is 2.20 bits per heavy atom. The van der Waals surface area contributed by atoms with Gasteiger partial charge in [0.05, 0.1) is 0 Å². The van der Waals surface area contributed by atoms with E-state index in [1.54, 1.807) is 0 Å². The van der Waals surface area contributed by atoms with E-state index >= 15 is 0 Å². The van der Waals surface area contributed by atoms with Gasteiger partial charge in [0.15, 0.2) is 0 Å². The zero-order chi connectivity index (χ0) is 7.14. The number of hydrogen-bond donors (Lipinski definition) is 0. The highest BCUT2D eigenvalue weighted by atomic mass is 16.1. The molecule has 0 aliphatic heterocycles. The van der Waals surface area contributed by atoms with E-state index in [1.165, 1.54) is 5.57 Å². The maximum atomic E-state index is 11.2. The fraction of sp³-hybridized carbons (Fsp3) is 0.667. The summed E-state index contributed by atoms with van der Waals surface area (Å²) in [5.41, 5.74) is 1.29. The highest BCUT2D eigenvalue weighted by Gasteiger charge is 2.39. The van der Waals surface area contributed by atoms with Crippen molar-refractivity contribution in [2.24, 2.45) is 11.8 Å². The van der Waals surface area contributed by atoms with Crippen LogP contribution in [0, 0.1) is 11.8 Å². The first-order valence-electron chi connectivity index (χ1n) is 3.97. The third-order valence-electron chi connectivity index (χ3n) is 2.80. The summed E-state index contributed by atoms with van der Waals surface area (Å²) < 4.78 is 0. The fourth-order valence-electron chi connectivity index (χ4n) is 2.27. The molecule has 0 spiro atoms. The van der Waals surface area contributed by atoms with E-state index in [2.05, 4.69) is 6.58 Å². The first kappa shape index (κ1) is 6.14. The molecule has 2 saturated carbocycles. The minimum atomic E-state index is 0.382. The van der Waals surface area contributed by atoms with Gasteiger partial charge in [-0.05, 0) is 25.2 Å². The molecule has 2 aliphatic rings. The Balaban J connectivity index is 2.19. The van der Waals surface area contributed by atoms with Gasteiger partial charge in [0.25, 0.3) is 0 Å². The molecular weight excluding hydrogens is 124 g/mol. The van der Waals surface area contributed by atoms with Crippen LogP contribution in [0.15, 0.2) is 12.2 Å². The molecule has 54 valence electrons. The van der Waals surface area contributed by atoms with Gasteiger partial charge in [-0.15, -0.1) is 0 Å². The molecule has 10 heavy (non-hydrogen) atoms. The zero-order valence-electron chi connectivity index (χ0n) is 6.10. The number of fused-ring (bicyclic) bond motifs is 1. The van der Waals surface area contributed by atoms with E-state index in [9.17, 15) is 4.79 Å². The van der Waals surface area contributed by atoms with Crippen molar-refractivity contribution < 1.29 is 4.79 Å². The van der Waals surface area contributed by atoms with Gasteiger partial charge in [0.1, 0.15) is 5.78 Å². The molecule has 2 unspecified atom stereocenters. The first-order valence-corrected chi connectivity index (χ1v) is 3.97. The summed E-state index contributed by atoms with van der Waals surface area (Å²) in [6.07, 6.45) is 4.07. The Bertz CT molecular complexity index is 193. The maximum Gasteiger partial charge on any atom is 0.136 e. The number of rotatable bonds is 0. The van der Waals surface area contributed by atoms with Gasteiger partial charge in [0, 0.05) is 12.3 Å². The quantitative estimate of drug-likeness (QED) is 0.465. The zero-order valence-corrected chi connectivity index (χ0v) is 6.10. The van der Waals surface area contributed by atoms with Crippen LogP contribution in [-0.2, 0) is 4.79 Å². The lowest BCUT2D eigenvalue weighted by molar-refractivity contribution is -0.120.